The molecule has 0 spiro atoms. The van der Waals surface area contributed by atoms with E-state index < -0.39 is 5.60 Å². The zero-order valence-electron chi connectivity index (χ0n) is 17.9. The summed E-state index contributed by atoms with van der Waals surface area (Å²) in [5.41, 5.74) is 4.12. The predicted octanol–water partition coefficient (Wildman–Crippen LogP) is 5.55. The maximum atomic E-state index is 13.8. The summed E-state index contributed by atoms with van der Waals surface area (Å²) in [5.74, 6) is 0.119. The molecule has 2 atom stereocenters. The second kappa shape index (κ2) is 6.97. The van der Waals surface area contributed by atoms with Crippen molar-refractivity contribution in [2.45, 2.75) is 70.1 Å². The average Bonchev–Trinajstić information content (AvgIpc) is 3.17. The van der Waals surface area contributed by atoms with Crippen LogP contribution in [0.5, 0.6) is 0 Å². The van der Waals surface area contributed by atoms with Gasteiger partial charge in [0.1, 0.15) is 11.4 Å². The van der Waals surface area contributed by atoms with Crippen LogP contribution in [0.15, 0.2) is 48.5 Å². The number of Topliss-reactive ketones (excluding diaryl/α,β-unsaturated/α-hetero) is 1. The fourth-order valence-electron chi connectivity index (χ4n) is 5.72. The van der Waals surface area contributed by atoms with Gasteiger partial charge in [-0.25, -0.2) is 4.79 Å². The number of hydrogen-bond donors (Lipinski definition) is 0. The molecule has 2 saturated heterocycles. The van der Waals surface area contributed by atoms with E-state index in [1.807, 2.05) is 49.9 Å². The number of carbonyl (C=O) groups is 2. The summed E-state index contributed by atoms with van der Waals surface area (Å²) in [7, 11) is 0. The summed E-state index contributed by atoms with van der Waals surface area (Å²) < 4.78 is 5.65. The zero-order chi connectivity index (χ0) is 21.0. The Hall–Kier alpha value is -2.62. The minimum absolute atomic E-state index is 0.00889. The van der Waals surface area contributed by atoms with Crippen molar-refractivity contribution >= 4 is 11.9 Å². The Bertz CT molecular complexity index is 946. The smallest absolute Gasteiger partial charge is 0.410 e. The third-order valence-electron chi connectivity index (χ3n) is 6.86. The summed E-state index contributed by atoms with van der Waals surface area (Å²) in [4.78, 5) is 28.5. The van der Waals surface area contributed by atoms with Crippen LogP contribution in [0.2, 0.25) is 0 Å². The van der Waals surface area contributed by atoms with Gasteiger partial charge in [-0.05, 0) is 68.7 Å². The minimum Gasteiger partial charge on any atom is -0.444 e. The Balaban J connectivity index is 1.40. The second-order valence-corrected chi connectivity index (χ2v) is 9.95. The largest absolute Gasteiger partial charge is 0.444 e. The molecule has 2 aromatic rings. The van der Waals surface area contributed by atoms with E-state index in [0.717, 1.165) is 36.8 Å². The third kappa shape index (κ3) is 3.13. The molecule has 2 fully saturated rings. The molecule has 30 heavy (non-hydrogen) atoms. The first-order chi connectivity index (χ1) is 14.3. The van der Waals surface area contributed by atoms with E-state index in [2.05, 4.69) is 24.3 Å². The van der Waals surface area contributed by atoms with Gasteiger partial charge in [0, 0.05) is 18.0 Å². The predicted molar refractivity (Wildman–Crippen MR) is 116 cm³/mol. The Morgan fingerprint density at radius 2 is 1.37 bits per heavy atom. The normalized spacial score (nSPS) is 25.0. The topological polar surface area (TPSA) is 46.6 Å². The third-order valence-corrected chi connectivity index (χ3v) is 6.86. The Labute approximate surface area is 178 Å². The van der Waals surface area contributed by atoms with Gasteiger partial charge >= 0.3 is 6.09 Å². The molecule has 3 aliphatic rings. The van der Waals surface area contributed by atoms with Crippen LogP contribution >= 0.6 is 0 Å². The van der Waals surface area contributed by atoms with Gasteiger partial charge in [-0.15, -0.1) is 0 Å². The zero-order valence-corrected chi connectivity index (χ0v) is 17.9. The molecule has 1 amide bonds. The van der Waals surface area contributed by atoms with Crippen molar-refractivity contribution < 1.29 is 14.3 Å². The van der Waals surface area contributed by atoms with Crippen molar-refractivity contribution in [1.82, 2.24) is 4.90 Å². The molecule has 0 aromatic heterocycles. The summed E-state index contributed by atoms with van der Waals surface area (Å²) in [5, 5.41) is 0. The number of nitrogens with zero attached hydrogens (tertiary/aromatic N) is 1. The summed E-state index contributed by atoms with van der Waals surface area (Å²) in [6.45, 7) is 5.70. The Morgan fingerprint density at radius 3 is 1.87 bits per heavy atom. The molecule has 2 aliphatic heterocycles. The maximum absolute atomic E-state index is 13.8. The van der Waals surface area contributed by atoms with Crippen molar-refractivity contribution in [3.05, 3.63) is 59.7 Å². The monoisotopic (exact) mass is 403 g/mol. The molecule has 0 saturated carbocycles. The van der Waals surface area contributed by atoms with Crippen molar-refractivity contribution in [3.8, 4) is 11.1 Å². The van der Waals surface area contributed by atoms with Crippen LogP contribution in [0.1, 0.15) is 63.5 Å². The highest BCUT2D eigenvalue weighted by Gasteiger charge is 2.48. The van der Waals surface area contributed by atoms with Crippen molar-refractivity contribution in [1.29, 1.82) is 0 Å². The highest BCUT2D eigenvalue weighted by Crippen LogP contribution is 2.48. The van der Waals surface area contributed by atoms with Gasteiger partial charge in [0.2, 0.25) is 0 Å². The molecule has 5 rings (SSSR count). The van der Waals surface area contributed by atoms with Crippen molar-refractivity contribution in [2.24, 2.45) is 5.92 Å². The molecule has 156 valence electrons. The fraction of sp³-hybridized carbons (Fsp3) is 0.462. The maximum Gasteiger partial charge on any atom is 0.410 e. The lowest BCUT2D eigenvalue weighted by atomic mass is 9.79. The molecule has 2 bridgehead atoms. The Morgan fingerprint density at radius 1 is 0.867 bits per heavy atom. The number of amides is 1. The molecular formula is C26H29NO3. The van der Waals surface area contributed by atoms with Gasteiger partial charge in [0.25, 0.3) is 0 Å². The number of fused-ring (bicyclic) bond motifs is 5. The van der Waals surface area contributed by atoms with E-state index >= 15 is 0 Å². The van der Waals surface area contributed by atoms with Crippen LogP contribution in [-0.2, 0) is 9.53 Å². The van der Waals surface area contributed by atoms with Gasteiger partial charge < -0.3 is 9.64 Å². The second-order valence-electron chi connectivity index (χ2n) is 9.95. The van der Waals surface area contributed by atoms with Crippen molar-refractivity contribution in [3.63, 3.8) is 0 Å². The van der Waals surface area contributed by atoms with E-state index in [9.17, 15) is 9.59 Å². The van der Waals surface area contributed by atoms with Crippen LogP contribution in [0.25, 0.3) is 11.1 Å². The lowest BCUT2D eigenvalue weighted by Gasteiger charge is -2.39. The number of rotatable bonds is 2. The number of benzene rings is 2. The minimum atomic E-state index is -0.500. The molecule has 1 aliphatic carbocycles. The molecule has 2 heterocycles. The van der Waals surface area contributed by atoms with E-state index in [4.69, 9.17) is 4.74 Å². The Kier molecular flexibility index (Phi) is 4.49. The van der Waals surface area contributed by atoms with Gasteiger partial charge in [-0.2, -0.15) is 0 Å². The summed E-state index contributed by atoms with van der Waals surface area (Å²) >= 11 is 0. The van der Waals surface area contributed by atoms with Gasteiger partial charge in [-0.1, -0.05) is 48.5 Å². The van der Waals surface area contributed by atoms with Gasteiger partial charge in [0.05, 0.1) is 5.92 Å². The van der Waals surface area contributed by atoms with Crippen LogP contribution in [-0.4, -0.2) is 34.5 Å². The molecule has 0 radical (unpaired) electrons. The summed E-state index contributed by atoms with van der Waals surface area (Å²) in [6.07, 6.45) is 3.19. The summed E-state index contributed by atoms with van der Waals surface area (Å²) in [6, 6.07) is 16.8. The van der Waals surface area contributed by atoms with Crippen LogP contribution in [0.4, 0.5) is 4.79 Å². The molecular weight excluding hydrogens is 374 g/mol. The number of piperidine rings is 1. The lowest BCUT2D eigenvalue weighted by molar-refractivity contribution is -0.125. The molecule has 2 unspecified atom stereocenters. The van der Waals surface area contributed by atoms with Crippen LogP contribution < -0.4 is 0 Å². The molecule has 4 nitrogen and oxygen atoms in total. The number of carbonyl (C=O) groups excluding carboxylic acids is 2. The van der Waals surface area contributed by atoms with E-state index in [1.165, 1.54) is 11.1 Å². The van der Waals surface area contributed by atoms with Crippen LogP contribution in [0.3, 0.4) is 0 Å². The lowest BCUT2D eigenvalue weighted by Crippen LogP contribution is -2.50. The van der Waals surface area contributed by atoms with Crippen LogP contribution in [0, 0.1) is 5.92 Å². The molecule has 2 aromatic carbocycles. The van der Waals surface area contributed by atoms with Crippen molar-refractivity contribution in [2.75, 3.05) is 0 Å². The number of hydrogen-bond acceptors (Lipinski definition) is 3. The fourth-order valence-corrected chi connectivity index (χ4v) is 5.72. The molecule has 0 N–H and O–H groups in total. The van der Waals surface area contributed by atoms with Gasteiger partial charge in [0.15, 0.2) is 0 Å². The quantitative estimate of drug-likeness (QED) is 0.661. The first kappa shape index (κ1) is 19.3. The van der Waals surface area contributed by atoms with Gasteiger partial charge in [-0.3, -0.25) is 4.79 Å². The van der Waals surface area contributed by atoms with E-state index in [-0.39, 0.29) is 30.0 Å². The first-order valence-electron chi connectivity index (χ1n) is 11.1. The first-order valence-corrected chi connectivity index (χ1v) is 11.1. The SMILES string of the molecule is CC(C)(C)OC(=O)N1C2CCC1CC(C(=O)C1c3ccccc3-c3ccccc31)C2. The highest BCUT2D eigenvalue weighted by molar-refractivity contribution is 5.98. The van der Waals surface area contributed by atoms with E-state index in [1.54, 1.807) is 0 Å². The number of ketones is 1. The average molecular weight is 404 g/mol. The number of ether oxygens (including phenoxy) is 1. The van der Waals surface area contributed by atoms with E-state index in [0.29, 0.717) is 5.78 Å². The highest BCUT2D eigenvalue weighted by atomic mass is 16.6. The standard InChI is InChI=1S/C26H29NO3/c1-26(2,3)30-25(29)27-17-12-13-18(27)15-16(14-17)24(28)23-21-10-6-4-8-19(21)20-9-5-7-11-22(20)23/h4-11,16-18,23H,12-15H2,1-3H3. The molecule has 4 heteroatoms.